The number of carbonyl (C=O) groups is 2. The van der Waals surface area contributed by atoms with Crippen LogP contribution >= 0.6 is 32.9 Å². The van der Waals surface area contributed by atoms with E-state index in [9.17, 15) is 9.59 Å². The third-order valence-corrected chi connectivity index (χ3v) is 4.39. The Morgan fingerprint density at radius 2 is 2.13 bits per heavy atom. The molecule has 0 unspecified atom stereocenters. The van der Waals surface area contributed by atoms with Gasteiger partial charge in [-0.15, -0.1) is 0 Å². The van der Waals surface area contributed by atoms with Gasteiger partial charge in [0, 0.05) is 6.92 Å². The predicted octanol–water partition coefficient (Wildman–Crippen LogP) is 2.67. The van der Waals surface area contributed by atoms with Gasteiger partial charge in [-0.1, -0.05) is 32.9 Å². The molecule has 0 fully saturated rings. The van der Waals surface area contributed by atoms with Crippen molar-refractivity contribution in [1.29, 1.82) is 0 Å². The number of ether oxygens (including phenoxy) is 1. The molecule has 0 bridgehead atoms. The van der Waals surface area contributed by atoms with Gasteiger partial charge in [-0.25, -0.2) is 4.79 Å². The monoisotopic (exact) mass is 263 g/mol. The van der Waals surface area contributed by atoms with Crippen LogP contribution in [0.5, 0.6) is 0 Å². The molecule has 0 aromatic carbocycles. The SMILES string of the molecule is CCOC(=O)c1ssc(=S)c1NC(C)=O. The van der Waals surface area contributed by atoms with Crippen molar-refractivity contribution < 1.29 is 14.3 Å². The van der Waals surface area contributed by atoms with E-state index in [-0.39, 0.29) is 5.91 Å². The number of hydrogen-bond acceptors (Lipinski definition) is 6. The van der Waals surface area contributed by atoms with Gasteiger partial charge in [-0.2, -0.15) is 0 Å². The third kappa shape index (κ3) is 3.08. The van der Waals surface area contributed by atoms with E-state index in [1.165, 1.54) is 27.6 Å². The second kappa shape index (κ2) is 5.34. The van der Waals surface area contributed by atoms with Gasteiger partial charge in [0.2, 0.25) is 5.91 Å². The molecule has 1 amide bonds. The molecule has 1 aromatic rings. The Hall–Kier alpha value is -0.790. The van der Waals surface area contributed by atoms with Crippen LogP contribution < -0.4 is 5.32 Å². The largest absolute Gasteiger partial charge is 0.462 e. The summed E-state index contributed by atoms with van der Waals surface area (Å²) >= 11 is 5.00. The van der Waals surface area contributed by atoms with E-state index in [4.69, 9.17) is 17.0 Å². The minimum Gasteiger partial charge on any atom is -0.462 e. The fraction of sp³-hybridized carbons (Fsp3) is 0.375. The summed E-state index contributed by atoms with van der Waals surface area (Å²) in [7, 11) is 2.48. The Morgan fingerprint density at radius 3 is 2.67 bits per heavy atom. The topological polar surface area (TPSA) is 55.4 Å². The van der Waals surface area contributed by atoms with E-state index in [0.717, 1.165) is 0 Å². The lowest BCUT2D eigenvalue weighted by atomic mass is 10.4. The minimum absolute atomic E-state index is 0.253. The first-order valence-corrected chi connectivity index (χ1v) is 6.70. The van der Waals surface area contributed by atoms with Crippen LogP contribution in [0.4, 0.5) is 5.69 Å². The van der Waals surface area contributed by atoms with Crippen LogP contribution in [-0.2, 0) is 9.53 Å². The highest BCUT2D eigenvalue weighted by atomic mass is 32.9. The van der Waals surface area contributed by atoms with E-state index < -0.39 is 5.97 Å². The maximum absolute atomic E-state index is 11.5. The molecule has 4 nitrogen and oxygen atoms in total. The number of nitrogens with one attached hydrogen (secondary N) is 1. The molecule has 0 radical (unpaired) electrons. The summed E-state index contributed by atoms with van der Waals surface area (Å²) in [6, 6.07) is 0. The number of carbonyl (C=O) groups excluding carboxylic acids is 2. The number of amides is 1. The maximum Gasteiger partial charge on any atom is 0.351 e. The number of esters is 1. The average molecular weight is 263 g/mol. The summed E-state index contributed by atoms with van der Waals surface area (Å²) < 4.78 is 5.34. The molecule has 0 atom stereocenters. The summed E-state index contributed by atoms with van der Waals surface area (Å²) in [5.41, 5.74) is 0.394. The zero-order valence-electron chi connectivity index (χ0n) is 8.16. The Kier molecular flexibility index (Phi) is 4.37. The smallest absolute Gasteiger partial charge is 0.351 e. The molecule has 0 spiro atoms. The molecule has 1 rings (SSSR count). The van der Waals surface area contributed by atoms with Crippen molar-refractivity contribution in [2.75, 3.05) is 11.9 Å². The second-order valence-electron chi connectivity index (χ2n) is 2.56. The molecular formula is C8H9NO3S3. The molecule has 82 valence electrons. The van der Waals surface area contributed by atoms with Gasteiger partial charge in [0.05, 0.1) is 12.3 Å². The Labute approximate surface area is 99.3 Å². The van der Waals surface area contributed by atoms with Crippen molar-refractivity contribution in [2.24, 2.45) is 0 Å². The standard InChI is InChI=1S/C8H9NO3S3/c1-3-12-7(11)6-5(9-4(2)10)8(13)15-14-6/h3H2,1-2H3,(H,9,10). The average Bonchev–Trinajstić information content (AvgIpc) is 2.48. The van der Waals surface area contributed by atoms with Crippen molar-refractivity contribution in [3.63, 3.8) is 0 Å². The van der Waals surface area contributed by atoms with E-state index >= 15 is 0 Å². The Morgan fingerprint density at radius 1 is 1.47 bits per heavy atom. The minimum atomic E-state index is -0.446. The third-order valence-electron chi connectivity index (χ3n) is 1.39. The van der Waals surface area contributed by atoms with Gasteiger partial charge in [-0.3, -0.25) is 4.79 Å². The molecule has 0 aliphatic rings. The predicted molar refractivity (Wildman–Crippen MR) is 63.3 cm³/mol. The lowest BCUT2D eigenvalue weighted by molar-refractivity contribution is -0.114. The summed E-state index contributed by atoms with van der Waals surface area (Å²) in [6.45, 7) is 3.39. The van der Waals surface area contributed by atoms with Gasteiger partial charge >= 0.3 is 5.97 Å². The molecule has 0 saturated heterocycles. The zero-order valence-corrected chi connectivity index (χ0v) is 10.6. The van der Waals surface area contributed by atoms with Gasteiger partial charge in [0.25, 0.3) is 0 Å². The number of hydrogen-bond donors (Lipinski definition) is 1. The van der Waals surface area contributed by atoms with Crippen LogP contribution in [0, 0.1) is 3.82 Å². The lowest BCUT2D eigenvalue weighted by Crippen LogP contribution is -2.10. The summed E-state index contributed by atoms with van der Waals surface area (Å²) in [4.78, 5) is 22.7. The van der Waals surface area contributed by atoms with Crippen molar-refractivity contribution in [3.05, 3.63) is 8.70 Å². The molecule has 1 N–H and O–H groups in total. The number of anilines is 1. The molecular weight excluding hydrogens is 254 g/mol. The van der Waals surface area contributed by atoms with E-state index in [0.29, 0.717) is 21.0 Å². The fourth-order valence-corrected chi connectivity index (χ4v) is 3.40. The van der Waals surface area contributed by atoms with Crippen molar-refractivity contribution in [1.82, 2.24) is 0 Å². The molecule has 7 heteroatoms. The first-order valence-electron chi connectivity index (χ1n) is 4.14. The first-order chi connectivity index (χ1) is 7.06. The highest BCUT2D eigenvalue weighted by Gasteiger charge is 2.17. The Balaban J connectivity index is 3.03. The van der Waals surface area contributed by atoms with Crippen molar-refractivity contribution in [3.8, 4) is 0 Å². The molecule has 1 aromatic heterocycles. The first kappa shape index (κ1) is 12.3. The number of rotatable bonds is 3. The van der Waals surface area contributed by atoms with Crippen LogP contribution in [0.25, 0.3) is 0 Å². The zero-order chi connectivity index (χ0) is 11.4. The second-order valence-corrected chi connectivity index (χ2v) is 5.38. The van der Waals surface area contributed by atoms with Gasteiger partial charge in [0.1, 0.15) is 8.70 Å². The van der Waals surface area contributed by atoms with Crippen LogP contribution in [0.2, 0.25) is 0 Å². The van der Waals surface area contributed by atoms with E-state index in [1.807, 2.05) is 0 Å². The van der Waals surface area contributed by atoms with Gasteiger partial charge < -0.3 is 10.1 Å². The highest BCUT2D eigenvalue weighted by molar-refractivity contribution is 7.80. The van der Waals surface area contributed by atoms with Crippen molar-refractivity contribution >= 4 is 50.5 Å². The molecule has 0 saturated carbocycles. The molecule has 0 aliphatic heterocycles. The summed E-state index contributed by atoms with van der Waals surface area (Å²) in [5, 5.41) is 2.54. The van der Waals surface area contributed by atoms with Crippen LogP contribution in [0.15, 0.2) is 0 Å². The quantitative estimate of drug-likeness (QED) is 0.517. The van der Waals surface area contributed by atoms with E-state index in [2.05, 4.69) is 5.32 Å². The fourth-order valence-electron chi connectivity index (χ4n) is 0.872. The van der Waals surface area contributed by atoms with Crippen molar-refractivity contribution in [2.45, 2.75) is 13.8 Å². The maximum atomic E-state index is 11.5. The summed E-state index contributed by atoms with van der Waals surface area (Å²) in [6.07, 6.45) is 0. The normalized spacial score (nSPS) is 9.73. The highest BCUT2D eigenvalue weighted by Crippen LogP contribution is 2.30. The van der Waals surface area contributed by atoms with E-state index in [1.54, 1.807) is 6.92 Å². The van der Waals surface area contributed by atoms with Gasteiger partial charge in [0.15, 0.2) is 0 Å². The molecule has 15 heavy (non-hydrogen) atoms. The van der Waals surface area contributed by atoms with Gasteiger partial charge in [-0.05, 0) is 6.92 Å². The van der Waals surface area contributed by atoms with Crippen LogP contribution in [0.1, 0.15) is 23.5 Å². The Bertz CT molecular complexity index is 435. The van der Waals surface area contributed by atoms with Crippen LogP contribution in [-0.4, -0.2) is 18.5 Å². The molecule has 0 aliphatic carbocycles. The van der Waals surface area contributed by atoms with Crippen LogP contribution in [0.3, 0.4) is 0 Å². The lowest BCUT2D eigenvalue weighted by Gasteiger charge is -2.02. The molecule has 1 heterocycles. The summed E-state index contributed by atoms with van der Waals surface area (Å²) in [5.74, 6) is -0.698.